The van der Waals surface area contributed by atoms with Crippen LogP contribution < -0.4 is 9.64 Å². The largest absolute Gasteiger partial charge is 0.484 e. The molecule has 0 bridgehead atoms. The van der Waals surface area contributed by atoms with E-state index in [2.05, 4.69) is 6.07 Å². The van der Waals surface area contributed by atoms with Crippen LogP contribution >= 0.6 is 0 Å². The Balaban J connectivity index is 1.64. The van der Waals surface area contributed by atoms with E-state index >= 15 is 0 Å². The van der Waals surface area contributed by atoms with Gasteiger partial charge in [-0.1, -0.05) is 18.2 Å². The number of amides is 2. The SMILES string of the molecule is Cc1ccccc1OCC(=O)N1CC(=O)N(c2ccc(C#N)cc2)C[C@@H]1C. The number of benzene rings is 2. The number of nitrogens with zero attached hydrogens (tertiary/aromatic N) is 3. The van der Waals surface area contributed by atoms with E-state index in [1.165, 1.54) is 0 Å². The summed E-state index contributed by atoms with van der Waals surface area (Å²) in [5.74, 6) is 0.307. The lowest BCUT2D eigenvalue weighted by atomic mass is 10.1. The average molecular weight is 363 g/mol. The minimum absolute atomic E-state index is 0.0110. The van der Waals surface area contributed by atoms with E-state index in [0.717, 1.165) is 11.3 Å². The first-order chi connectivity index (χ1) is 13.0. The standard InChI is InChI=1S/C21H21N3O3/c1-15-5-3-4-6-19(15)27-14-21(26)23-13-20(25)24(12-16(23)2)18-9-7-17(11-22)8-10-18/h3-10,16H,12-14H2,1-2H3/t16-/m0/s1. The molecule has 1 saturated heterocycles. The van der Waals surface area contributed by atoms with E-state index in [1.807, 2.05) is 38.1 Å². The second kappa shape index (κ2) is 7.92. The van der Waals surface area contributed by atoms with Crippen LogP contribution in [0.2, 0.25) is 0 Å². The molecule has 0 saturated carbocycles. The third kappa shape index (κ3) is 4.09. The monoisotopic (exact) mass is 363 g/mol. The highest BCUT2D eigenvalue weighted by Gasteiger charge is 2.33. The Labute approximate surface area is 158 Å². The molecule has 3 rings (SSSR count). The highest BCUT2D eigenvalue weighted by molar-refractivity contribution is 5.98. The van der Waals surface area contributed by atoms with Crippen LogP contribution in [0.5, 0.6) is 5.75 Å². The van der Waals surface area contributed by atoms with Crippen molar-refractivity contribution >= 4 is 17.5 Å². The molecular formula is C21H21N3O3. The predicted octanol–water partition coefficient (Wildman–Crippen LogP) is 2.51. The molecule has 27 heavy (non-hydrogen) atoms. The highest BCUT2D eigenvalue weighted by Crippen LogP contribution is 2.21. The number of carbonyl (C=O) groups excluding carboxylic acids is 2. The van der Waals surface area contributed by atoms with Crippen LogP contribution in [-0.4, -0.2) is 42.5 Å². The number of anilines is 1. The summed E-state index contributed by atoms with van der Waals surface area (Å²) in [6.07, 6.45) is 0. The summed E-state index contributed by atoms with van der Waals surface area (Å²) in [4.78, 5) is 28.3. The first kappa shape index (κ1) is 18.5. The van der Waals surface area contributed by atoms with Crippen molar-refractivity contribution in [3.05, 3.63) is 59.7 Å². The molecule has 2 aromatic carbocycles. The number of para-hydroxylation sites is 1. The van der Waals surface area contributed by atoms with Crippen LogP contribution in [0.1, 0.15) is 18.1 Å². The Kier molecular flexibility index (Phi) is 5.41. The molecule has 0 spiro atoms. The maximum Gasteiger partial charge on any atom is 0.261 e. The van der Waals surface area contributed by atoms with E-state index in [1.54, 1.807) is 34.1 Å². The van der Waals surface area contributed by atoms with Gasteiger partial charge in [-0.2, -0.15) is 5.26 Å². The van der Waals surface area contributed by atoms with Crippen molar-refractivity contribution in [1.29, 1.82) is 5.26 Å². The van der Waals surface area contributed by atoms with Crippen molar-refractivity contribution in [2.45, 2.75) is 19.9 Å². The molecule has 2 amide bonds. The fourth-order valence-electron chi connectivity index (χ4n) is 3.09. The molecule has 0 unspecified atom stereocenters. The molecule has 6 nitrogen and oxygen atoms in total. The fourth-order valence-corrected chi connectivity index (χ4v) is 3.09. The molecule has 0 aromatic heterocycles. The Morgan fingerprint density at radius 1 is 1.22 bits per heavy atom. The van der Waals surface area contributed by atoms with Gasteiger partial charge >= 0.3 is 0 Å². The van der Waals surface area contributed by atoms with Crippen LogP contribution in [0.4, 0.5) is 5.69 Å². The zero-order valence-corrected chi connectivity index (χ0v) is 15.4. The minimum Gasteiger partial charge on any atom is -0.484 e. The minimum atomic E-state index is -0.210. The second-order valence-corrected chi connectivity index (χ2v) is 6.59. The average Bonchev–Trinajstić information content (AvgIpc) is 2.68. The fraction of sp³-hybridized carbons (Fsp3) is 0.286. The molecule has 1 atom stereocenters. The van der Waals surface area contributed by atoms with Gasteiger partial charge in [-0.05, 0) is 49.7 Å². The zero-order valence-electron chi connectivity index (χ0n) is 15.4. The lowest BCUT2D eigenvalue weighted by Crippen LogP contribution is -2.58. The van der Waals surface area contributed by atoms with Crippen molar-refractivity contribution < 1.29 is 14.3 Å². The van der Waals surface area contributed by atoms with Crippen LogP contribution in [0.25, 0.3) is 0 Å². The van der Waals surface area contributed by atoms with Crippen molar-refractivity contribution in [2.24, 2.45) is 0 Å². The molecule has 2 aromatic rings. The van der Waals surface area contributed by atoms with Crippen LogP contribution in [0.3, 0.4) is 0 Å². The Morgan fingerprint density at radius 2 is 1.93 bits per heavy atom. The first-order valence-corrected chi connectivity index (χ1v) is 8.78. The zero-order chi connectivity index (χ0) is 19.4. The molecule has 138 valence electrons. The summed E-state index contributed by atoms with van der Waals surface area (Å²) in [6.45, 7) is 4.15. The van der Waals surface area contributed by atoms with Gasteiger partial charge in [-0.25, -0.2) is 0 Å². The second-order valence-electron chi connectivity index (χ2n) is 6.59. The van der Waals surface area contributed by atoms with Crippen molar-refractivity contribution in [1.82, 2.24) is 4.90 Å². The van der Waals surface area contributed by atoms with Gasteiger partial charge in [0.25, 0.3) is 5.91 Å². The van der Waals surface area contributed by atoms with Crippen molar-refractivity contribution in [2.75, 3.05) is 24.6 Å². The van der Waals surface area contributed by atoms with E-state index in [4.69, 9.17) is 10.00 Å². The summed E-state index contributed by atoms with van der Waals surface area (Å²) < 4.78 is 5.63. The number of ether oxygens (including phenoxy) is 1. The Morgan fingerprint density at radius 3 is 2.59 bits per heavy atom. The lowest BCUT2D eigenvalue weighted by molar-refractivity contribution is -0.141. The topological polar surface area (TPSA) is 73.6 Å². The number of carbonyl (C=O) groups is 2. The molecule has 1 aliphatic heterocycles. The summed E-state index contributed by atoms with van der Waals surface area (Å²) in [5, 5.41) is 8.89. The molecule has 1 aliphatic rings. The summed E-state index contributed by atoms with van der Waals surface area (Å²) in [7, 11) is 0. The maximum atomic E-state index is 12.6. The number of piperazine rings is 1. The predicted molar refractivity (Wildman–Crippen MR) is 101 cm³/mol. The number of hydrogen-bond donors (Lipinski definition) is 0. The number of aryl methyl sites for hydroxylation is 1. The van der Waals surface area contributed by atoms with Crippen molar-refractivity contribution in [3.8, 4) is 11.8 Å². The van der Waals surface area contributed by atoms with Crippen LogP contribution in [0, 0.1) is 18.3 Å². The molecule has 6 heteroatoms. The van der Waals surface area contributed by atoms with Crippen molar-refractivity contribution in [3.63, 3.8) is 0 Å². The third-order valence-corrected chi connectivity index (χ3v) is 4.66. The smallest absolute Gasteiger partial charge is 0.261 e. The summed E-state index contributed by atoms with van der Waals surface area (Å²) in [5.41, 5.74) is 2.23. The van der Waals surface area contributed by atoms with E-state index in [0.29, 0.717) is 17.9 Å². The van der Waals surface area contributed by atoms with E-state index < -0.39 is 0 Å². The van der Waals surface area contributed by atoms with Crippen LogP contribution in [0.15, 0.2) is 48.5 Å². The Hall–Kier alpha value is -3.33. The van der Waals surface area contributed by atoms with Gasteiger partial charge in [-0.15, -0.1) is 0 Å². The summed E-state index contributed by atoms with van der Waals surface area (Å²) in [6, 6.07) is 16.3. The third-order valence-electron chi connectivity index (χ3n) is 4.66. The van der Waals surface area contributed by atoms with Gasteiger partial charge in [0.15, 0.2) is 6.61 Å². The molecule has 1 fully saturated rings. The van der Waals surface area contributed by atoms with Gasteiger partial charge in [0, 0.05) is 18.3 Å². The van der Waals surface area contributed by atoms with Crippen LogP contribution in [-0.2, 0) is 9.59 Å². The van der Waals surface area contributed by atoms with Gasteiger partial charge in [-0.3, -0.25) is 9.59 Å². The highest BCUT2D eigenvalue weighted by atomic mass is 16.5. The van der Waals surface area contributed by atoms with E-state index in [9.17, 15) is 9.59 Å². The van der Waals surface area contributed by atoms with E-state index in [-0.39, 0.29) is 31.0 Å². The summed E-state index contributed by atoms with van der Waals surface area (Å²) >= 11 is 0. The maximum absolute atomic E-state index is 12.6. The van der Waals surface area contributed by atoms with Gasteiger partial charge in [0.2, 0.25) is 5.91 Å². The lowest BCUT2D eigenvalue weighted by Gasteiger charge is -2.39. The molecule has 0 N–H and O–H groups in total. The van der Waals surface area contributed by atoms with Gasteiger partial charge in [0.1, 0.15) is 12.3 Å². The number of hydrogen-bond acceptors (Lipinski definition) is 4. The van der Waals surface area contributed by atoms with Gasteiger partial charge in [0.05, 0.1) is 11.6 Å². The molecule has 0 radical (unpaired) electrons. The molecular weight excluding hydrogens is 342 g/mol. The first-order valence-electron chi connectivity index (χ1n) is 8.78. The quantitative estimate of drug-likeness (QED) is 0.837. The normalized spacial score (nSPS) is 16.8. The van der Waals surface area contributed by atoms with Gasteiger partial charge < -0.3 is 14.5 Å². The molecule has 1 heterocycles. The number of rotatable bonds is 4. The molecule has 0 aliphatic carbocycles. The number of nitriles is 1. The Bertz CT molecular complexity index is 886.